The summed E-state index contributed by atoms with van der Waals surface area (Å²) in [5, 5.41) is 3.96. The van der Waals surface area contributed by atoms with Gasteiger partial charge in [0.05, 0.1) is 11.8 Å². The Bertz CT molecular complexity index is 1070. The molecule has 162 valence electrons. The van der Waals surface area contributed by atoms with Crippen LogP contribution in [-0.2, 0) is 4.74 Å². The number of aromatic nitrogens is 2. The van der Waals surface area contributed by atoms with E-state index in [2.05, 4.69) is 9.59 Å². The summed E-state index contributed by atoms with van der Waals surface area (Å²) in [6.45, 7) is 4.79. The van der Waals surface area contributed by atoms with Crippen LogP contribution in [0.1, 0.15) is 46.8 Å². The predicted molar refractivity (Wildman–Crippen MR) is 115 cm³/mol. The summed E-state index contributed by atoms with van der Waals surface area (Å²) in [6, 6.07) is 11.0. The molecule has 3 aromatic rings. The molecule has 1 aromatic heterocycles. The van der Waals surface area contributed by atoms with Gasteiger partial charge in [-0.15, -0.1) is 5.10 Å². The van der Waals surface area contributed by atoms with Crippen LogP contribution in [0.5, 0.6) is 0 Å². The molecule has 0 radical (unpaired) electrons. The first kappa shape index (κ1) is 21.5. The summed E-state index contributed by atoms with van der Waals surface area (Å²) in [6.07, 6.45) is 1.03. The van der Waals surface area contributed by atoms with Crippen LogP contribution in [0.2, 0.25) is 0 Å². The standard InChI is InChI=1S/C23H23F2N3O2S/c1-3-28(23(29)22-14(2)26-27-31-22)18-8-9-30-21(13-18)20-7-5-4-6-19(20)15-10-16(24)12-17(25)11-15/h4-7,10-12,18,21H,3,8-9,13H2,1-2H3/t18-,21+/m0/s1. The van der Waals surface area contributed by atoms with E-state index >= 15 is 0 Å². The molecule has 1 aliphatic rings. The Morgan fingerprint density at radius 2 is 1.97 bits per heavy atom. The third kappa shape index (κ3) is 4.50. The molecule has 2 heterocycles. The quantitative estimate of drug-likeness (QED) is 0.546. The molecule has 2 aromatic carbocycles. The number of carbonyl (C=O) groups excluding carboxylic acids is 1. The summed E-state index contributed by atoms with van der Waals surface area (Å²) in [7, 11) is 0. The van der Waals surface area contributed by atoms with Gasteiger partial charge in [-0.2, -0.15) is 0 Å². The minimum absolute atomic E-state index is 0.0185. The van der Waals surface area contributed by atoms with E-state index in [-0.39, 0.29) is 18.1 Å². The smallest absolute Gasteiger partial charge is 0.267 e. The minimum atomic E-state index is -0.622. The van der Waals surface area contributed by atoms with Crippen LogP contribution < -0.4 is 0 Å². The molecule has 1 saturated heterocycles. The maximum atomic E-state index is 13.8. The van der Waals surface area contributed by atoms with Crippen LogP contribution in [0.3, 0.4) is 0 Å². The van der Waals surface area contributed by atoms with Gasteiger partial charge in [0, 0.05) is 25.3 Å². The third-order valence-corrected chi connectivity index (χ3v) is 6.44. The van der Waals surface area contributed by atoms with E-state index in [4.69, 9.17) is 4.74 Å². The summed E-state index contributed by atoms with van der Waals surface area (Å²) < 4.78 is 37.6. The van der Waals surface area contributed by atoms with Gasteiger partial charge < -0.3 is 9.64 Å². The second-order valence-corrected chi connectivity index (χ2v) is 8.32. The van der Waals surface area contributed by atoms with Crippen LogP contribution in [-0.4, -0.2) is 39.6 Å². The first-order valence-electron chi connectivity index (χ1n) is 10.2. The minimum Gasteiger partial charge on any atom is -0.373 e. The molecule has 1 amide bonds. The molecule has 0 saturated carbocycles. The molecule has 5 nitrogen and oxygen atoms in total. The van der Waals surface area contributed by atoms with Gasteiger partial charge in [-0.25, -0.2) is 8.78 Å². The Balaban J connectivity index is 1.62. The highest BCUT2D eigenvalue weighted by Gasteiger charge is 2.33. The summed E-state index contributed by atoms with van der Waals surface area (Å²) in [4.78, 5) is 15.5. The number of rotatable bonds is 5. The number of benzene rings is 2. The van der Waals surface area contributed by atoms with Crippen molar-refractivity contribution in [3.05, 3.63) is 70.2 Å². The molecular formula is C23H23F2N3O2S. The van der Waals surface area contributed by atoms with Crippen LogP contribution in [0.25, 0.3) is 11.1 Å². The lowest BCUT2D eigenvalue weighted by atomic mass is 9.90. The van der Waals surface area contributed by atoms with Crippen LogP contribution in [0.15, 0.2) is 42.5 Å². The van der Waals surface area contributed by atoms with Crippen molar-refractivity contribution in [2.24, 2.45) is 0 Å². The Labute approximate surface area is 183 Å². The molecule has 1 aliphatic heterocycles. The number of amides is 1. The van der Waals surface area contributed by atoms with Gasteiger partial charge in [0.2, 0.25) is 0 Å². The lowest BCUT2D eigenvalue weighted by Crippen LogP contribution is -2.44. The zero-order valence-corrected chi connectivity index (χ0v) is 18.2. The number of hydrogen-bond acceptors (Lipinski definition) is 5. The topological polar surface area (TPSA) is 55.3 Å². The average molecular weight is 444 g/mol. The van der Waals surface area contributed by atoms with Crippen molar-refractivity contribution in [2.75, 3.05) is 13.2 Å². The van der Waals surface area contributed by atoms with Crippen LogP contribution in [0.4, 0.5) is 8.78 Å². The van der Waals surface area contributed by atoms with Gasteiger partial charge in [-0.05, 0) is 67.0 Å². The van der Waals surface area contributed by atoms with E-state index in [1.165, 1.54) is 12.1 Å². The van der Waals surface area contributed by atoms with E-state index < -0.39 is 11.6 Å². The van der Waals surface area contributed by atoms with Gasteiger partial charge in [-0.1, -0.05) is 28.8 Å². The Morgan fingerprint density at radius 3 is 2.65 bits per heavy atom. The number of ether oxygens (including phenoxy) is 1. The molecular weight excluding hydrogens is 420 g/mol. The number of carbonyl (C=O) groups is 1. The number of hydrogen-bond donors (Lipinski definition) is 0. The maximum absolute atomic E-state index is 13.8. The Morgan fingerprint density at radius 1 is 1.23 bits per heavy atom. The van der Waals surface area contributed by atoms with Gasteiger partial charge in [0.1, 0.15) is 16.5 Å². The number of aryl methyl sites for hydroxylation is 1. The van der Waals surface area contributed by atoms with E-state index in [0.29, 0.717) is 35.7 Å². The van der Waals surface area contributed by atoms with Gasteiger partial charge in [0.15, 0.2) is 0 Å². The summed E-state index contributed by atoms with van der Waals surface area (Å²) in [5.74, 6) is -1.31. The van der Waals surface area contributed by atoms with E-state index in [1.807, 2.05) is 36.1 Å². The van der Waals surface area contributed by atoms with E-state index in [0.717, 1.165) is 35.1 Å². The van der Waals surface area contributed by atoms with Crippen molar-refractivity contribution >= 4 is 17.4 Å². The molecule has 0 N–H and O–H groups in total. The van der Waals surface area contributed by atoms with Crippen LogP contribution >= 0.6 is 11.5 Å². The fourth-order valence-electron chi connectivity index (χ4n) is 4.15. The molecule has 2 atom stereocenters. The SMILES string of the molecule is CCN(C(=O)c1snnc1C)[C@H]1CCO[C@@H](c2ccccc2-c2cc(F)cc(F)c2)C1. The lowest BCUT2D eigenvalue weighted by Gasteiger charge is -2.37. The van der Waals surface area contributed by atoms with Crippen molar-refractivity contribution in [1.29, 1.82) is 0 Å². The molecule has 0 bridgehead atoms. The monoisotopic (exact) mass is 443 g/mol. The molecule has 8 heteroatoms. The van der Waals surface area contributed by atoms with Crippen molar-refractivity contribution in [3.8, 4) is 11.1 Å². The first-order chi connectivity index (χ1) is 15.0. The fourth-order valence-corrected chi connectivity index (χ4v) is 4.77. The normalized spacial score (nSPS) is 18.7. The zero-order valence-electron chi connectivity index (χ0n) is 17.3. The number of nitrogens with zero attached hydrogens (tertiary/aromatic N) is 3. The molecule has 1 fully saturated rings. The van der Waals surface area contributed by atoms with Crippen LogP contribution in [0, 0.1) is 18.6 Å². The largest absolute Gasteiger partial charge is 0.373 e. The number of halogens is 2. The molecule has 0 unspecified atom stereocenters. The first-order valence-corrected chi connectivity index (χ1v) is 11.0. The fraction of sp³-hybridized carbons (Fsp3) is 0.348. The zero-order chi connectivity index (χ0) is 22.0. The second kappa shape index (κ2) is 9.20. The van der Waals surface area contributed by atoms with E-state index in [1.54, 1.807) is 6.92 Å². The highest BCUT2D eigenvalue weighted by Crippen LogP contribution is 2.37. The van der Waals surface area contributed by atoms with Gasteiger partial charge in [0.25, 0.3) is 5.91 Å². The van der Waals surface area contributed by atoms with Crippen molar-refractivity contribution in [3.63, 3.8) is 0 Å². The third-order valence-electron chi connectivity index (χ3n) is 5.63. The highest BCUT2D eigenvalue weighted by molar-refractivity contribution is 7.07. The van der Waals surface area contributed by atoms with Gasteiger partial charge >= 0.3 is 0 Å². The molecule has 31 heavy (non-hydrogen) atoms. The highest BCUT2D eigenvalue weighted by atomic mass is 32.1. The Hall–Kier alpha value is -2.71. The molecule has 4 rings (SSSR count). The molecule has 0 spiro atoms. The van der Waals surface area contributed by atoms with Crippen molar-refractivity contribution in [1.82, 2.24) is 14.5 Å². The van der Waals surface area contributed by atoms with Crippen molar-refractivity contribution in [2.45, 2.75) is 38.8 Å². The molecule has 0 aliphatic carbocycles. The lowest BCUT2D eigenvalue weighted by molar-refractivity contribution is -0.0228. The average Bonchev–Trinajstić information content (AvgIpc) is 3.19. The van der Waals surface area contributed by atoms with Crippen molar-refractivity contribution < 1.29 is 18.3 Å². The second-order valence-electron chi connectivity index (χ2n) is 7.56. The summed E-state index contributed by atoms with van der Waals surface area (Å²) >= 11 is 1.11. The maximum Gasteiger partial charge on any atom is 0.267 e. The van der Waals surface area contributed by atoms with E-state index in [9.17, 15) is 13.6 Å². The van der Waals surface area contributed by atoms with Gasteiger partial charge in [-0.3, -0.25) is 4.79 Å². The summed E-state index contributed by atoms with van der Waals surface area (Å²) in [5.41, 5.74) is 2.68. The Kier molecular flexibility index (Phi) is 6.38. The predicted octanol–water partition coefficient (Wildman–Crippen LogP) is 5.17.